The molecule has 1 aromatic heterocycles. The van der Waals surface area contributed by atoms with Gasteiger partial charge < -0.3 is 19.3 Å². The number of amides is 1. The molecule has 0 bridgehead atoms. The second-order valence-corrected chi connectivity index (χ2v) is 10.2. The van der Waals surface area contributed by atoms with Crippen LogP contribution in [0, 0.1) is 6.92 Å². The zero-order chi connectivity index (χ0) is 27.7. The number of carbonyl (C=O) groups excluding carboxylic acids is 3. The van der Waals surface area contributed by atoms with Gasteiger partial charge in [0.25, 0.3) is 5.78 Å². The highest BCUT2D eigenvalue weighted by Crippen LogP contribution is 2.45. The van der Waals surface area contributed by atoms with E-state index in [2.05, 4.69) is 11.9 Å². The summed E-state index contributed by atoms with van der Waals surface area (Å²) in [5, 5.41) is 11.7. The van der Waals surface area contributed by atoms with Crippen molar-refractivity contribution in [2.24, 2.45) is 0 Å². The highest BCUT2D eigenvalue weighted by molar-refractivity contribution is 7.18. The molecule has 2 aliphatic heterocycles. The number of aliphatic hydroxyl groups is 1. The van der Waals surface area contributed by atoms with Crippen molar-refractivity contribution < 1.29 is 33.7 Å². The molecule has 1 amide bonds. The van der Waals surface area contributed by atoms with E-state index in [4.69, 9.17) is 14.2 Å². The Hall–Kier alpha value is -4.18. The molecular weight excluding hydrogens is 520 g/mol. The van der Waals surface area contributed by atoms with Crippen LogP contribution in [0.4, 0.5) is 5.13 Å². The van der Waals surface area contributed by atoms with Crippen molar-refractivity contribution in [3.63, 3.8) is 0 Å². The monoisotopic (exact) mass is 548 g/mol. The first-order valence-corrected chi connectivity index (χ1v) is 13.5. The summed E-state index contributed by atoms with van der Waals surface area (Å²) in [6.45, 7) is 6.46. The van der Waals surface area contributed by atoms with Crippen molar-refractivity contribution in [2.45, 2.75) is 39.7 Å². The Morgan fingerprint density at radius 1 is 1.15 bits per heavy atom. The van der Waals surface area contributed by atoms with Gasteiger partial charge in [-0.2, -0.15) is 0 Å². The maximum Gasteiger partial charge on any atom is 0.301 e. The second kappa shape index (κ2) is 10.9. The van der Waals surface area contributed by atoms with E-state index in [0.29, 0.717) is 58.8 Å². The van der Waals surface area contributed by atoms with Crippen LogP contribution in [0.3, 0.4) is 0 Å². The Bertz CT molecular complexity index is 1490. The van der Waals surface area contributed by atoms with Crippen molar-refractivity contribution in [3.05, 3.63) is 69.7 Å². The Kier molecular flexibility index (Phi) is 7.38. The zero-order valence-corrected chi connectivity index (χ0v) is 22.7. The predicted molar refractivity (Wildman–Crippen MR) is 146 cm³/mol. The number of anilines is 1. The van der Waals surface area contributed by atoms with Gasteiger partial charge in [0.2, 0.25) is 0 Å². The molecule has 10 heteroatoms. The molecule has 0 radical (unpaired) electrons. The van der Waals surface area contributed by atoms with E-state index in [-0.39, 0.29) is 22.2 Å². The summed E-state index contributed by atoms with van der Waals surface area (Å²) in [6.07, 6.45) is 1.84. The summed E-state index contributed by atoms with van der Waals surface area (Å²) >= 11 is 1.04. The second-order valence-electron chi connectivity index (χ2n) is 9.27. The number of aliphatic hydroxyl groups excluding tert-OH is 1. The molecule has 1 fully saturated rings. The number of ether oxygens (including phenoxy) is 3. The maximum atomic E-state index is 13.5. The number of aryl methyl sites for hydroxylation is 1. The van der Waals surface area contributed by atoms with Crippen molar-refractivity contribution in [1.82, 2.24) is 4.98 Å². The smallest absolute Gasteiger partial charge is 0.301 e. The standard InChI is InChI=1S/C29H28N2O7S/c1-4-5-11-36-20-8-6-7-18(14-20)24-23(25(33)19-9-10-21-22(15-19)38-13-12-37-21)26(34)28(35)31(24)29-30-16(2)27(39-29)17(3)32/h6-10,14-15,24,33H,4-5,11-13H2,1-3H3/b25-23-. The third-order valence-electron chi connectivity index (χ3n) is 6.51. The van der Waals surface area contributed by atoms with Crippen LogP contribution < -0.4 is 19.1 Å². The van der Waals surface area contributed by atoms with Crippen molar-refractivity contribution >= 4 is 39.7 Å². The molecule has 0 spiro atoms. The number of unbranched alkanes of at least 4 members (excludes halogenated alkanes) is 1. The number of hydrogen-bond donors (Lipinski definition) is 1. The summed E-state index contributed by atoms with van der Waals surface area (Å²) in [5.41, 5.74) is 1.23. The molecule has 39 heavy (non-hydrogen) atoms. The third kappa shape index (κ3) is 4.99. The Balaban J connectivity index is 1.66. The van der Waals surface area contributed by atoms with E-state index in [9.17, 15) is 19.5 Å². The lowest BCUT2D eigenvalue weighted by atomic mass is 9.95. The van der Waals surface area contributed by atoms with Gasteiger partial charge in [0.05, 0.1) is 28.8 Å². The minimum Gasteiger partial charge on any atom is -0.507 e. The highest BCUT2D eigenvalue weighted by Gasteiger charge is 2.48. The fourth-order valence-corrected chi connectivity index (χ4v) is 5.60. The van der Waals surface area contributed by atoms with Gasteiger partial charge in [0, 0.05) is 12.5 Å². The largest absolute Gasteiger partial charge is 0.507 e. The number of benzene rings is 2. The van der Waals surface area contributed by atoms with Crippen molar-refractivity contribution in [2.75, 3.05) is 24.7 Å². The summed E-state index contributed by atoms with van der Waals surface area (Å²) in [5.74, 6) is -0.708. The van der Waals surface area contributed by atoms with E-state index in [1.54, 1.807) is 49.4 Å². The van der Waals surface area contributed by atoms with Crippen molar-refractivity contribution in [1.29, 1.82) is 0 Å². The molecule has 5 rings (SSSR count). The number of ketones is 2. The number of rotatable bonds is 8. The molecule has 202 valence electrons. The van der Waals surface area contributed by atoms with E-state index < -0.39 is 17.7 Å². The van der Waals surface area contributed by atoms with Crippen LogP contribution in [-0.4, -0.2) is 47.4 Å². The first kappa shape index (κ1) is 26.4. The first-order chi connectivity index (χ1) is 18.8. The molecule has 1 saturated heterocycles. The lowest BCUT2D eigenvalue weighted by Crippen LogP contribution is -2.29. The minimum absolute atomic E-state index is 0.0976. The van der Waals surface area contributed by atoms with Gasteiger partial charge >= 0.3 is 5.91 Å². The molecule has 1 atom stereocenters. The van der Waals surface area contributed by atoms with Crippen LogP contribution in [0.1, 0.15) is 59.2 Å². The minimum atomic E-state index is -1.00. The average Bonchev–Trinajstić information content (AvgIpc) is 3.45. The highest BCUT2D eigenvalue weighted by atomic mass is 32.1. The molecule has 2 aromatic carbocycles. The molecule has 2 aliphatic rings. The number of Topliss-reactive ketones (excluding diaryl/α,β-unsaturated/α-hetero) is 2. The van der Waals surface area contributed by atoms with E-state index in [0.717, 1.165) is 24.2 Å². The van der Waals surface area contributed by atoms with Gasteiger partial charge in [-0.05, 0) is 49.2 Å². The van der Waals surface area contributed by atoms with Crippen LogP contribution in [0.25, 0.3) is 5.76 Å². The van der Waals surface area contributed by atoms with Crippen molar-refractivity contribution in [3.8, 4) is 17.2 Å². The molecule has 3 heterocycles. The van der Waals surface area contributed by atoms with Crippen LogP contribution in [0.5, 0.6) is 17.2 Å². The van der Waals surface area contributed by atoms with Gasteiger partial charge in [-0.15, -0.1) is 0 Å². The molecule has 0 aliphatic carbocycles. The van der Waals surface area contributed by atoms with E-state index in [1.807, 2.05) is 0 Å². The maximum absolute atomic E-state index is 13.5. The topological polar surface area (TPSA) is 115 Å². The third-order valence-corrected chi connectivity index (χ3v) is 7.77. The Morgan fingerprint density at radius 2 is 1.92 bits per heavy atom. The molecule has 1 unspecified atom stereocenters. The van der Waals surface area contributed by atoms with Crippen LogP contribution >= 0.6 is 11.3 Å². The fraction of sp³-hybridized carbons (Fsp3) is 0.310. The van der Waals surface area contributed by atoms with Crippen LogP contribution in [-0.2, 0) is 9.59 Å². The molecule has 1 N–H and O–H groups in total. The fourth-order valence-electron chi connectivity index (χ4n) is 4.61. The number of hydrogen-bond acceptors (Lipinski definition) is 9. The predicted octanol–water partition coefficient (Wildman–Crippen LogP) is 5.23. The Morgan fingerprint density at radius 3 is 2.64 bits per heavy atom. The molecule has 0 saturated carbocycles. The van der Waals surface area contributed by atoms with E-state index >= 15 is 0 Å². The summed E-state index contributed by atoms with van der Waals surface area (Å²) in [7, 11) is 0. The average molecular weight is 549 g/mol. The normalized spacial score (nSPS) is 17.9. The van der Waals surface area contributed by atoms with Crippen LogP contribution in [0.15, 0.2) is 48.0 Å². The summed E-state index contributed by atoms with van der Waals surface area (Å²) < 4.78 is 17.1. The number of carbonyl (C=O) groups is 3. The van der Waals surface area contributed by atoms with Gasteiger partial charge in [0.1, 0.15) is 24.7 Å². The van der Waals surface area contributed by atoms with Gasteiger partial charge in [-0.1, -0.05) is 36.8 Å². The van der Waals surface area contributed by atoms with E-state index in [1.165, 1.54) is 11.8 Å². The number of aromatic nitrogens is 1. The molecule has 3 aromatic rings. The number of fused-ring (bicyclic) bond motifs is 1. The van der Waals surface area contributed by atoms with Crippen LogP contribution in [0.2, 0.25) is 0 Å². The zero-order valence-electron chi connectivity index (χ0n) is 21.9. The first-order valence-electron chi connectivity index (χ1n) is 12.7. The lowest BCUT2D eigenvalue weighted by molar-refractivity contribution is -0.132. The summed E-state index contributed by atoms with van der Waals surface area (Å²) in [6, 6.07) is 10.9. The Labute approximate surface area is 229 Å². The van der Waals surface area contributed by atoms with Gasteiger partial charge in [-0.3, -0.25) is 19.3 Å². The molecular formula is C29H28N2O7S. The summed E-state index contributed by atoms with van der Waals surface area (Å²) in [4.78, 5) is 45.3. The van der Waals surface area contributed by atoms with Gasteiger partial charge in [-0.25, -0.2) is 4.98 Å². The SMILES string of the molecule is CCCCOc1cccc(C2/C(=C(/O)c3ccc4c(c3)OCCO4)C(=O)C(=O)N2c2nc(C)c(C(C)=O)s2)c1. The molecule has 9 nitrogen and oxygen atoms in total. The quantitative estimate of drug-likeness (QED) is 0.134. The number of nitrogens with zero attached hydrogens (tertiary/aromatic N) is 2. The number of thiazole rings is 1. The van der Waals surface area contributed by atoms with Gasteiger partial charge in [0.15, 0.2) is 22.4 Å². The lowest BCUT2D eigenvalue weighted by Gasteiger charge is -2.24.